The summed E-state index contributed by atoms with van der Waals surface area (Å²) in [6.07, 6.45) is 0. The van der Waals surface area contributed by atoms with Gasteiger partial charge in [-0.15, -0.1) is 0 Å². The van der Waals surface area contributed by atoms with Crippen LogP contribution < -0.4 is 0 Å². The van der Waals surface area contributed by atoms with Gasteiger partial charge in [0.2, 0.25) is 0 Å². The van der Waals surface area contributed by atoms with E-state index < -0.39 is 0 Å². The van der Waals surface area contributed by atoms with Gasteiger partial charge in [0.25, 0.3) is 0 Å². The van der Waals surface area contributed by atoms with Crippen molar-refractivity contribution < 1.29 is 0 Å². The van der Waals surface area contributed by atoms with Crippen LogP contribution in [0.4, 0.5) is 0 Å². The lowest BCUT2D eigenvalue weighted by molar-refractivity contribution is 0.660. The van der Waals surface area contributed by atoms with Crippen LogP contribution in [0.1, 0.15) is 36.1 Å². The first kappa shape index (κ1) is 29.0. The first-order valence-corrected chi connectivity index (χ1v) is 16.6. The van der Waals surface area contributed by atoms with E-state index in [2.05, 4.69) is 185 Å². The average Bonchev–Trinajstić information content (AvgIpc) is 3.35. The second-order valence-corrected chi connectivity index (χ2v) is 13.4. The van der Waals surface area contributed by atoms with Crippen molar-refractivity contribution in [1.82, 2.24) is 0 Å². The van der Waals surface area contributed by atoms with Crippen molar-refractivity contribution in [2.75, 3.05) is 0 Å². The minimum absolute atomic E-state index is 0.0167. The Hall–Kier alpha value is -5.46. The van der Waals surface area contributed by atoms with E-state index in [0.29, 0.717) is 0 Å². The molecule has 226 valence electrons. The molecule has 0 fully saturated rings. The summed E-state index contributed by atoms with van der Waals surface area (Å²) in [5.41, 5.74) is 20.6. The lowest BCUT2D eigenvalue weighted by Gasteiger charge is -2.21. The zero-order valence-corrected chi connectivity index (χ0v) is 27.5. The van der Waals surface area contributed by atoms with Crippen LogP contribution in [0.25, 0.3) is 66.8 Å². The molecule has 1 aliphatic rings. The molecule has 0 aliphatic heterocycles. The van der Waals surface area contributed by atoms with Crippen LogP contribution in [0.3, 0.4) is 0 Å². The highest BCUT2D eigenvalue weighted by atomic mass is 14.4. The van der Waals surface area contributed by atoms with E-state index in [9.17, 15) is 0 Å². The van der Waals surface area contributed by atoms with Crippen molar-refractivity contribution in [1.29, 1.82) is 0 Å². The lowest BCUT2D eigenvalue weighted by atomic mass is 9.82. The highest BCUT2D eigenvalue weighted by Crippen LogP contribution is 2.52. The van der Waals surface area contributed by atoms with E-state index in [1.54, 1.807) is 0 Å². The number of aryl methyl sites for hydroxylation is 1. The Kier molecular flexibility index (Phi) is 7.03. The molecule has 0 N–H and O–H groups in total. The van der Waals surface area contributed by atoms with Gasteiger partial charge < -0.3 is 0 Å². The molecule has 0 unspecified atom stereocenters. The Morgan fingerprint density at radius 1 is 0.340 bits per heavy atom. The molecule has 0 heteroatoms. The van der Waals surface area contributed by atoms with Crippen LogP contribution in [-0.4, -0.2) is 0 Å². The van der Waals surface area contributed by atoms with E-state index in [-0.39, 0.29) is 5.41 Å². The number of rotatable bonds is 5. The summed E-state index contributed by atoms with van der Waals surface area (Å²) in [6, 6.07) is 58.1. The third kappa shape index (κ3) is 4.93. The largest absolute Gasteiger partial charge is 0.0622 e. The minimum atomic E-state index is -0.0167. The summed E-state index contributed by atoms with van der Waals surface area (Å²) < 4.78 is 0. The lowest BCUT2D eigenvalue weighted by Crippen LogP contribution is -2.14. The molecule has 7 aromatic rings. The van der Waals surface area contributed by atoms with Gasteiger partial charge in [0.1, 0.15) is 0 Å². The Bertz CT molecular complexity index is 2280. The molecule has 7 aromatic carbocycles. The third-order valence-corrected chi connectivity index (χ3v) is 10.2. The molecule has 0 bridgehead atoms. The summed E-state index contributed by atoms with van der Waals surface area (Å²) in [4.78, 5) is 0. The molecule has 0 spiro atoms. The minimum Gasteiger partial charge on any atom is -0.0622 e. The molecule has 0 saturated carbocycles. The predicted molar refractivity (Wildman–Crippen MR) is 201 cm³/mol. The Morgan fingerprint density at radius 3 is 1.57 bits per heavy atom. The summed E-state index contributed by atoms with van der Waals surface area (Å²) in [5, 5.41) is 0. The monoisotopic (exact) mass is 602 g/mol. The number of hydrogen-bond acceptors (Lipinski definition) is 0. The van der Waals surface area contributed by atoms with Crippen molar-refractivity contribution in [2.45, 2.75) is 33.1 Å². The summed E-state index contributed by atoms with van der Waals surface area (Å²) >= 11 is 0. The summed E-state index contributed by atoms with van der Waals surface area (Å²) in [6.45, 7) is 9.18. The molecule has 0 aromatic heterocycles. The van der Waals surface area contributed by atoms with Crippen LogP contribution in [0.5, 0.6) is 0 Å². The SMILES string of the molecule is Cc1ccccc1-c1cc(-c2ccccc2)cc(-c2cccc(-c3cccc(-c4cccc5c4-c4ccccc4C5(C)C)c3)c2)c1C. The Labute approximate surface area is 279 Å². The topological polar surface area (TPSA) is 0 Å². The van der Waals surface area contributed by atoms with Gasteiger partial charge in [0.05, 0.1) is 0 Å². The fraction of sp³-hybridized carbons (Fsp3) is 0.106. The standard InChI is InChI=1S/C47H38/c1-31-15-8-9-22-39(31)43-30-38(33-16-6-5-7-17-33)29-42(32(43)2)37-21-13-19-35(28-37)34-18-12-20-36(27-34)40-24-14-26-45-46(40)41-23-10-11-25-44(41)47(45,3)4/h5-30H,1-4H3. The average molecular weight is 603 g/mol. The van der Waals surface area contributed by atoms with Crippen LogP contribution in [0, 0.1) is 13.8 Å². The van der Waals surface area contributed by atoms with Gasteiger partial charge in [-0.2, -0.15) is 0 Å². The van der Waals surface area contributed by atoms with Crippen molar-refractivity contribution >= 4 is 0 Å². The smallest absolute Gasteiger partial charge is 0.0159 e. The molecule has 0 saturated heterocycles. The normalized spacial score (nSPS) is 12.9. The van der Waals surface area contributed by atoms with E-state index in [1.807, 2.05) is 0 Å². The molecule has 1 aliphatic carbocycles. The van der Waals surface area contributed by atoms with Gasteiger partial charge >= 0.3 is 0 Å². The Balaban J connectivity index is 1.25. The van der Waals surface area contributed by atoms with Crippen molar-refractivity contribution in [2.24, 2.45) is 0 Å². The predicted octanol–water partition coefficient (Wildman–Crippen LogP) is 12.9. The maximum atomic E-state index is 2.37. The summed E-state index contributed by atoms with van der Waals surface area (Å²) in [5.74, 6) is 0. The zero-order chi connectivity index (χ0) is 32.1. The molecule has 0 radical (unpaired) electrons. The van der Waals surface area contributed by atoms with E-state index in [4.69, 9.17) is 0 Å². The number of benzene rings is 7. The van der Waals surface area contributed by atoms with Crippen LogP contribution in [-0.2, 0) is 5.41 Å². The first-order chi connectivity index (χ1) is 22.9. The van der Waals surface area contributed by atoms with E-state index in [0.717, 1.165) is 0 Å². The van der Waals surface area contributed by atoms with Crippen LogP contribution in [0.2, 0.25) is 0 Å². The van der Waals surface area contributed by atoms with Crippen molar-refractivity contribution in [3.05, 3.63) is 180 Å². The van der Waals surface area contributed by atoms with Gasteiger partial charge in [-0.3, -0.25) is 0 Å². The maximum Gasteiger partial charge on any atom is 0.0159 e. The molecule has 8 rings (SSSR count). The van der Waals surface area contributed by atoms with Crippen molar-refractivity contribution in [3.63, 3.8) is 0 Å². The highest BCUT2D eigenvalue weighted by molar-refractivity contribution is 5.93. The van der Waals surface area contributed by atoms with Gasteiger partial charge in [-0.1, -0.05) is 147 Å². The number of hydrogen-bond donors (Lipinski definition) is 0. The molecule has 0 heterocycles. The second kappa shape index (κ2) is 11.4. The first-order valence-electron chi connectivity index (χ1n) is 16.6. The molecule has 47 heavy (non-hydrogen) atoms. The quantitative estimate of drug-likeness (QED) is 0.184. The fourth-order valence-corrected chi connectivity index (χ4v) is 7.69. The maximum absolute atomic E-state index is 2.37. The highest BCUT2D eigenvalue weighted by Gasteiger charge is 2.36. The molecular weight excluding hydrogens is 565 g/mol. The second-order valence-electron chi connectivity index (χ2n) is 13.4. The zero-order valence-electron chi connectivity index (χ0n) is 27.5. The molecule has 0 amide bonds. The summed E-state index contributed by atoms with van der Waals surface area (Å²) in [7, 11) is 0. The van der Waals surface area contributed by atoms with Gasteiger partial charge in [-0.25, -0.2) is 0 Å². The van der Waals surface area contributed by atoms with E-state index in [1.165, 1.54) is 89.0 Å². The van der Waals surface area contributed by atoms with Gasteiger partial charge in [-0.05, 0) is 127 Å². The molecule has 0 nitrogen and oxygen atoms in total. The van der Waals surface area contributed by atoms with Crippen molar-refractivity contribution in [3.8, 4) is 66.8 Å². The third-order valence-electron chi connectivity index (χ3n) is 10.2. The van der Waals surface area contributed by atoms with Gasteiger partial charge in [0, 0.05) is 5.41 Å². The Morgan fingerprint density at radius 2 is 0.851 bits per heavy atom. The molecule has 0 atom stereocenters. The number of fused-ring (bicyclic) bond motifs is 3. The fourth-order valence-electron chi connectivity index (χ4n) is 7.69. The van der Waals surface area contributed by atoms with E-state index >= 15 is 0 Å². The van der Waals surface area contributed by atoms with Crippen LogP contribution in [0.15, 0.2) is 158 Å². The van der Waals surface area contributed by atoms with Crippen LogP contribution >= 0.6 is 0 Å². The molecular formula is C47H38. The van der Waals surface area contributed by atoms with Gasteiger partial charge in [0.15, 0.2) is 0 Å².